The topological polar surface area (TPSA) is 129 Å². The molecule has 3 aromatic rings. The van der Waals surface area contributed by atoms with E-state index in [-0.39, 0.29) is 31.6 Å². The van der Waals surface area contributed by atoms with Gasteiger partial charge in [-0.2, -0.15) is 0 Å². The third-order valence-electron chi connectivity index (χ3n) is 7.66. The minimum absolute atomic E-state index is 0.0221. The Kier molecular flexibility index (Phi) is 6.80. The van der Waals surface area contributed by atoms with Crippen LogP contribution in [0.25, 0.3) is 0 Å². The predicted molar refractivity (Wildman–Crippen MR) is 143 cm³/mol. The first kappa shape index (κ1) is 27.3. The summed E-state index contributed by atoms with van der Waals surface area (Å²) in [7, 11) is -12.2. The Morgan fingerprint density at radius 2 is 1.15 bits per heavy atom. The highest BCUT2D eigenvalue weighted by molar-refractivity contribution is 8.10. The number of carbonyl (C=O) groups is 1. The number of benzene rings is 3. The lowest BCUT2D eigenvalue weighted by atomic mass is 9.93. The number of esters is 1. The molecule has 204 valence electrons. The second-order valence-corrected chi connectivity index (χ2v) is 16.4. The molecule has 2 atom stereocenters. The lowest BCUT2D eigenvalue weighted by Gasteiger charge is -2.30. The van der Waals surface area contributed by atoms with E-state index in [4.69, 9.17) is 4.74 Å². The molecule has 0 unspecified atom stereocenters. The predicted octanol–water partition coefficient (Wildman–Crippen LogP) is 3.96. The van der Waals surface area contributed by atoms with Crippen molar-refractivity contribution in [3.8, 4) is 0 Å². The highest BCUT2D eigenvalue weighted by Gasteiger charge is 2.65. The zero-order chi connectivity index (χ0) is 28.1. The van der Waals surface area contributed by atoms with Gasteiger partial charge in [-0.1, -0.05) is 54.6 Å². The fourth-order valence-corrected chi connectivity index (χ4v) is 12.6. The highest BCUT2D eigenvalue weighted by atomic mass is 32.3. The number of hydrogen-bond donors (Lipinski definition) is 0. The van der Waals surface area contributed by atoms with Gasteiger partial charge in [-0.25, -0.2) is 25.3 Å². The van der Waals surface area contributed by atoms with E-state index in [2.05, 4.69) is 0 Å². The summed E-state index contributed by atoms with van der Waals surface area (Å²) in [6.45, 7) is 0. The zero-order valence-electron chi connectivity index (χ0n) is 20.9. The van der Waals surface area contributed by atoms with E-state index in [1.54, 1.807) is 30.3 Å². The Morgan fingerprint density at radius 3 is 1.59 bits per heavy atom. The van der Waals surface area contributed by atoms with E-state index in [1.165, 1.54) is 60.7 Å². The number of carbonyl (C=O) groups excluding carboxylic acids is 1. The van der Waals surface area contributed by atoms with Gasteiger partial charge in [-0.15, -0.1) is 0 Å². The second kappa shape index (κ2) is 9.72. The van der Waals surface area contributed by atoms with Crippen LogP contribution in [0.2, 0.25) is 0 Å². The SMILES string of the molecule is COC(=O)[C@H]1CC(S(=O)(=O)c2ccccc2)=C2CC(S(=O)(=O)c3ccccc3)(S(=O)(=O)c3ccccc3)C[C@@H]21. The van der Waals surface area contributed by atoms with Gasteiger partial charge in [0, 0.05) is 11.3 Å². The molecular formula is C28H26O8S3. The summed E-state index contributed by atoms with van der Waals surface area (Å²) in [5, 5.41) is 0. The maximum atomic E-state index is 14.3. The van der Waals surface area contributed by atoms with Crippen molar-refractivity contribution in [2.24, 2.45) is 11.8 Å². The van der Waals surface area contributed by atoms with Gasteiger partial charge in [0.25, 0.3) is 0 Å². The van der Waals surface area contributed by atoms with Crippen LogP contribution in [-0.4, -0.2) is 42.4 Å². The Morgan fingerprint density at radius 1 is 0.718 bits per heavy atom. The first-order valence-electron chi connectivity index (χ1n) is 12.2. The molecule has 0 radical (unpaired) electrons. The van der Waals surface area contributed by atoms with Crippen molar-refractivity contribution in [3.05, 3.63) is 101 Å². The molecule has 1 saturated carbocycles. The van der Waals surface area contributed by atoms with Crippen LogP contribution in [0.15, 0.2) is 116 Å². The number of rotatable bonds is 7. The van der Waals surface area contributed by atoms with Gasteiger partial charge in [0.05, 0.1) is 27.7 Å². The first-order valence-corrected chi connectivity index (χ1v) is 16.6. The second-order valence-electron chi connectivity index (χ2n) is 9.63. The summed E-state index contributed by atoms with van der Waals surface area (Å²) in [5.41, 5.74) is 0.147. The molecule has 8 nitrogen and oxygen atoms in total. The minimum Gasteiger partial charge on any atom is -0.469 e. The summed E-state index contributed by atoms with van der Waals surface area (Å²) < 4.78 is 87.3. The molecular weight excluding hydrogens is 561 g/mol. The van der Waals surface area contributed by atoms with Gasteiger partial charge in [0.1, 0.15) is 0 Å². The number of sulfone groups is 3. The van der Waals surface area contributed by atoms with E-state index in [9.17, 15) is 30.0 Å². The molecule has 0 heterocycles. The third-order valence-corrected chi connectivity index (χ3v) is 15.3. The number of ether oxygens (including phenoxy) is 1. The molecule has 0 aliphatic heterocycles. The zero-order valence-corrected chi connectivity index (χ0v) is 23.4. The molecule has 0 N–H and O–H groups in total. The number of methoxy groups -OCH3 is 1. The summed E-state index contributed by atoms with van der Waals surface area (Å²) in [5.74, 6) is -2.72. The van der Waals surface area contributed by atoms with Gasteiger partial charge in [0.15, 0.2) is 23.8 Å². The molecule has 0 amide bonds. The molecule has 0 saturated heterocycles. The highest BCUT2D eigenvalue weighted by Crippen LogP contribution is 2.59. The van der Waals surface area contributed by atoms with Gasteiger partial charge in [-0.3, -0.25) is 4.79 Å². The van der Waals surface area contributed by atoms with Crippen molar-refractivity contribution in [3.63, 3.8) is 0 Å². The van der Waals surface area contributed by atoms with Crippen LogP contribution in [0.5, 0.6) is 0 Å². The summed E-state index contributed by atoms with van der Waals surface area (Å²) in [6, 6.07) is 22.1. The molecule has 3 aromatic carbocycles. The van der Waals surface area contributed by atoms with Crippen LogP contribution in [0.4, 0.5) is 0 Å². The fourth-order valence-electron chi connectivity index (χ4n) is 5.72. The Bertz CT molecular complexity index is 1690. The molecule has 11 heteroatoms. The van der Waals surface area contributed by atoms with Crippen LogP contribution in [0.3, 0.4) is 0 Å². The number of fused-ring (bicyclic) bond motifs is 1. The standard InChI is InChI=1S/C28H26O8S3/c1-36-27(29)23-17-26(37(30,31)20-11-5-2-6-12-20)25-19-28(18-24(23)25,38(32,33)21-13-7-3-8-14-21)39(34,35)22-15-9-4-10-16-22/h2-16,23-24H,17-19H2,1H3/t23-,24+/m0/s1. The monoisotopic (exact) mass is 586 g/mol. The molecule has 0 aromatic heterocycles. The molecule has 0 bridgehead atoms. The normalized spacial score (nSPS) is 20.9. The first-order chi connectivity index (χ1) is 18.5. The van der Waals surface area contributed by atoms with Crippen LogP contribution in [-0.2, 0) is 39.0 Å². The lowest BCUT2D eigenvalue weighted by molar-refractivity contribution is -0.146. The van der Waals surface area contributed by atoms with Gasteiger partial charge in [-0.05, 0) is 60.7 Å². The summed E-state index contributed by atoms with van der Waals surface area (Å²) >= 11 is 0. The molecule has 2 aliphatic carbocycles. The van der Waals surface area contributed by atoms with Crippen LogP contribution >= 0.6 is 0 Å². The molecule has 39 heavy (non-hydrogen) atoms. The molecule has 1 fully saturated rings. The molecule has 0 spiro atoms. The maximum absolute atomic E-state index is 14.3. The minimum atomic E-state index is -4.61. The molecule has 2 aliphatic rings. The average molecular weight is 587 g/mol. The number of allylic oxidation sites excluding steroid dienone is 2. The van der Waals surface area contributed by atoms with Crippen LogP contribution in [0, 0.1) is 11.8 Å². The van der Waals surface area contributed by atoms with Crippen molar-refractivity contribution in [2.45, 2.75) is 38.0 Å². The van der Waals surface area contributed by atoms with Gasteiger partial charge < -0.3 is 4.74 Å². The van der Waals surface area contributed by atoms with Gasteiger partial charge >= 0.3 is 5.97 Å². The van der Waals surface area contributed by atoms with Gasteiger partial charge in [0.2, 0.25) is 9.84 Å². The van der Waals surface area contributed by atoms with Crippen molar-refractivity contribution in [1.82, 2.24) is 0 Å². The van der Waals surface area contributed by atoms with E-state index >= 15 is 0 Å². The van der Waals surface area contributed by atoms with E-state index < -0.39 is 64.2 Å². The lowest BCUT2D eigenvalue weighted by Crippen LogP contribution is -2.45. The van der Waals surface area contributed by atoms with Crippen LogP contribution in [0.1, 0.15) is 19.3 Å². The van der Waals surface area contributed by atoms with E-state index in [1.807, 2.05) is 0 Å². The Hall–Kier alpha value is -3.28. The summed E-state index contributed by atoms with van der Waals surface area (Å²) in [6.07, 6.45) is -1.26. The average Bonchev–Trinajstić information content (AvgIpc) is 3.52. The smallest absolute Gasteiger partial charge is 0.309 e. The van der Waals surface area contributed by atoms with E-state index in [0.29, 0.717) is 0 Å². The fraction of sp³-hybridized carbons (Fsp3) is 0.250. The summed E-state index contributed by atoms with van der Waals surface area (Å²) in [4.78, 5) is 12.3. The van der Waals surface area contributed by atoms with Crippen molar-refractivity contribution in [2.75, 3.05) is 7.11 Å². The van der Waals surface area contributed by atoms with Crippen LogP contribution < -0.4 is 0 Å². The maximum Gasteiger partial charge on any atom is 0.309 e. The Balaban J connectivity index is 1.79. The van der Waals surface area contributed by atoms with Crippen molar-refractivity contribution < 1.29 is 34.8 Å². The number of hydrogen-bond acceptors (Lipinski definition) is 8. The third kappa shape index (κ3) is 4.14. The largest absolute Gasteiger partial charge is 0.469 e. The quantitative estimate of drug-likeness (QED) is 0.381. The van der Waals surface area contributed by atoms with E-state index in [0.717, 1.165) is 7.11 Å². The Labute approximate surface area is 228 Å². The van der Waals surface area contributed by atoms with Crippen molar-refractivity contribution >= 4 is 35.5 Å². The molecule has 5 rings (SSSR count). The van der Waals surface area contributed by atoms with Crippen molar-refractivity contribution in [1.29, 1.82) is 0 Å².